The van der Waals surface area contributed by atoms with Gasteiger partial charge in [0.05, 0.1) is 18.3 Å². The molecule has 4 bridgehead atoms. The summed E-state index contributed by atoms with van der Waals surface area (Å²) >= 11 is 0. The highest BCUT2D eigenvalue weighted by molar-refractivity contribution is 6.39. The van der Waals surface area contributed by atoms with Gasteiger partial charge >= 0.3 is 11.8 Å². The number of aliphatic hydroxyl groups is 1. The summed E-state index contributed by atoms with van der Waals surface area (Å²) in [6.07, 6.45) is 7.43. The maximum atomic E-state index is 12.6. The molecular formula is C24H32N6O4. The molecule has 0 radical (unpaired) electrons. The third-order valence-electron chi connectivity index (χ3n) is 8.45. The number of carbonyl (C=O) groups excluding carboxylic acids is 2. The average Bonchev–Trinajstić information content (AvgIpc) is 3.43. The van der Waals surface area contributed by atoms with E-state index in [-0.39, 0.29) is 24.6 Å². The molecule has 7 rings (SSSR count). The molecule has 3 heterocycles. The Balaban J connectivity index is 1.35. The van der Waals surface area contributed by atoms with Crippen LogP contribution in [-0.4, -0.2) is 58.6 Å². The van der Waals surface area contributed by atoms with Gasteiger partial charge < -0.3 is 30.8 Å². The summed E-state index contributed by atoms with van der Waals surface area (Å²) in [6.45, 7) is 1.38. The molecule has 4 saturated carbocycles. The van der Waals surface area contributed by atoms with E-state index in [0.29, 0.717) is 36.7 Å². The van der Waals surface area contributed by atoms with Crippen LogP contribution in [0.15, 0.2) is 12.3 Å². The molecule has 182 valence electrons. The van der Waals surface area contributed by atoms with Gasteiger partial charge in [0, 0.05) is 44.1 Å². The number of fused-ring (bicyclic) bond motifs is 3. The molecule has 10 nitrogen and oxygen atoms in total. The van der Waals surface area contributed by atoms with E-state index in [2.05, 4.69) is 25.6 Å². The number of nitrogens with one attached hydrogen (secondary N) is 4. The van der Waals surface area contributed by atoms with Gasteiger partial charge in [0.2, 0.25) is 0 Å². The van der Waals surface area contributed by atoms with Crippen molar-refractivity contribution in [3.8, 4) is 11.3 Å². The first kappa shape index (κ1) is 21.7. The predicted octanol–water partition coefficient (Wildman–Crippen LogP) is 1.86. The smallest absolute Gasteiger partial charge is 0.314 e. The Bertz CT molecular complexity index is 1110. The fraction of sp³-hybridized carbons (Fsp3) is 0.625. The maximum absolute atomic E-state index is 12.6. The lowest BCUT2D eigenvalue weighted by molar-refractivity contribution is -0.136. The van der Waals surface area contributed by atoms with Crippen LogP contribution >= 0.6 is 0 Å². The molecule has 2 aromatic rings. The van der Waals surface area contributed by atoms with Crippen LogP contribution in [0, 0.1) is 23.2 Å². The van der Waals surface area contributed by atoms with E-state index in [0.717, 1.165) is 41.9 Å². The van der Waals surface area contributed by atoms with Gasteiger partial charge in [-0.05, 0) is 61.3 Å². The standard InChI is InChI=1S/C24H32N6O4/c1-34-5-4-26-22(32)23(33)28-21-17-11-27-20-16(2-3-25-20)19(17)30(29-21)18-14-6-13-7-15(18)10-24(8-13,9-14)12-31/h2-3,13-15,18,25,27,31H,4-12H2,1H3,(H,26,32)(H,28,29,33). The predicted molar refractivity (Wildman–Crippen MR) is 125 cm³/mol. The Morgan fingerprint density at radius 3 is 2.79 bits per heavy atom. The third kappa shape index (κ3) is 3.34. The second kappa shape index (κ2) is 8.13. The molecule has 34 heavy (non-hydrogen) atoms. The van der Waals surface area contributed by atoms with E-state index in [1.165, 1.54) is 12.8 Å². The first-order valence-corrected chi connectivity index (χ1v) is 12.2. The number of carbonyl (C=O) groups is 2. The second-order valence-electron chi connectivity index (χ2n) is 10.6. The van der Waals surface area contributed by atoms with Gasteiger partial charge in [0.25, 0.3) is 0 Å². The van der Waals surface area contributed by atoms with Crippen molar-refractivity contribution in [1.29, 1.82) is 0 Å². The van der Waals surface area contributed by atoms with Crippen molar-refractivity contribution in [3.63, 3.8) is 0 Å². The van der Waals surface area contributed by atoms with Gasteiger partial charge in [-0.3, -0.25) is 14.3 Å². The van der Waals surface area contributed by atoms with Gasteiger partial charge in [0.15, 0.2) is 5.82 Å². The summed E-state index contributed by atoms with van der Waals surface area (Å²) in [5.41, 5.74) is 3.01. The Hall–Kier alpha value is -2.85. The number of aliphatic hydroxyl groups excluding tert-OH is 1. The minimum absolute atomic E-state index is 0.0678. The number of rotatable bonds is 6. The van der Waals surface area contributed by atoms with E-state index in [1.807, 2.05) is 12.3 Å². The van der Waals surface area contributed by atoms with Crippen molar-refractivity contribution in [1.82, 2.24) is 20.1 Å². The average molecular weight is 469 g/mol. The summed E-state index contributed by atoms with van der Waals surface area (Å²) in [5.74, 6) is 1.55. The molecule has 5 aliphatic rings. The lowest BCUT2D eigenvalue weighted by Gasteiger charge is -2.59. The zero-order chi connectivity index (χ0) is 23.4. The van der Waals surface area contributed by atoms with Crippen molar-refractivity contribution < 1.29 is 19.4 Å². The number of amides is 2. The monoisotopic (exact) mass is 468 g/mol. The number of nitrogens with zero attached hydrogens (tertiary/aromatic N) is 2. The lowest BCUT2D eigenvalue weighted by Crippen LogP contribution is -2.53. The molecule has 2 aromatic heterocycles. The van der Waals surface area contributed by atoms with Gasteiger partial charge in [-0.1, -0.05) is 0 Å². The van der Waals surface area contributed by atoms with Crippen LogP contribution in [0.4, 0.5) is 11.6 Å². The van der Waals surface area contributed by atoms with Gasteiger partial charge in [-0.15, -0.1) is 0 Å². The molecule has 0 spiro atoms. The number of aromatic nitrogens is 3. The van der Waals surface area contributed by atoms with Crippen molar-refractivity contribution in [2.45, 2.75) is 44.7 Å². The lowest BCUT2D eigenvalue weighted by atomic mass is 9.48. The molecule has 2 unspecified atom stereocenters. The van der Waals surface area contributed by atoms with Crippen LogP contribution in [0.3, 0.4) is 0 Å². The molecular weight excluding hydrogens is 436 g/mol. The largest absolute Gasteiger partial charge is 0.396 e. The number of anilines is 2. The minimum atomic E-state index is -0.729. The highest BCUT2D eigenvalue weighted by Crippen LogP contribution is 2.64. The first-order valence-electron chi connectivity index (χ1n) is 12.2. The van der Waals surface area contributed by atoms with E-state index in [4.69, 9.17) is 9.84 Å². The SMILES string of the molecule is COCCNC(=O)C(=O)Nc1nn(C2C3CC4CC2CC(CO)(C4)C3)c2c1CNc1[nH]ccc1-2. The number of aromatic amines is 1. The highest BCUT2D eigenvalue weighted by Gasteiger charge is 2.56. The molecule has 4 aliphatic carbocycles. The number of hydrogen-bond acceptors (Lipinski definition) is 6. The summed E-state index contributed by atoms with van der Waals surface area (Å²) in [4.78, 5) is 28.2. The summed E-state index contributed by atoms with van der Waals surface area (Å²) in [5, 5.41) is 23.8. The van der Waals surface area contributed by atoms with Crippen LogP contribution in [-0.2, 0) is 20.9 Å². The van der Waals surface area contributed by atoms with Crippen molar-refractivity contribution in [2.75, 3.05) is 37.5 Å². The molecule has 2 amide bonds. The highest BCUT2D eigenvalue weighted by atomic mass is 16.5. The summed E-state index contributed by atoms with van der Waals surface area (Å²) < 4.78 is 7.07. The van der Waals surface area contributed by atoms with Crippen LogP contribution < -0.4 is 16.0 Å². The van der Waals surface area contributed by atoms with Gasteiger partial charge in [-0.25, -0.2) is 0 Å². The normalized spacial score (nSPS) is 30.4. The quantitative estimate of drug-likeness (QED) is 0.325. The Morgan fingerprint density at radius 2 is 2.06 bits per heavy atom. The summed E-state index contributed by atoms with van der Waals surface area (Å²) in [6, 6.07) is 2.26. The number of ether oxygens (including phenoxy) is 1. The topological polar surface area (TPSA) is 133 Å². The van der Waals surface area contributed by atoms with E-state index in [9.17, 15) is 14.7 Å². The Kier molecular flexibility index (Phi) is 5.18. The van der Waals surface area contributed by atoms with Crippen molar-refractivity contribution >= 4 is 23.5 Å². The number of hydrogen-bond donors (Lipinski definition) is 5. The molecule has 0 aromatic carbocycles. The van der Waals surface area contributed by atoms with E-state index in [1.54, 1.807) is 7.11 Å². The van der Waals surface area contributed by atoms with Crippen LogP contribution in [0.2, 0.25) is 0 Å². The van der Waals surface area contributed by atoms with Crippen molar-refractivity contribution in [3.05, 3.63) is 17.8 Å². The minimum Gasteiger partial charge on any atom is -0.396 e. The van der Waals surface area contributed by atoms with E-state index >= 15 is 0 Å². The molecule has 0 saturated heterocycles. The van der Waals surface area contributed by atoms with Gasteiger partial charge in [-0.2, -0.15) is 5.10 Å². The number of methoxy groups -OCH3 is 1. The van der Waals surface area contributed by atoms with Crippen LogP contribution in [0.25, 0.3) is 11.3 Å². The molecule has 4 fully saturated rings. The van der Waals surface area contributed by atoms with Crippen LogP contribution in [0.5, 0.6) is 0 Å². The van der Waals surface area contributed by atoms with Crippen molar-refractivity contribution in [2.24, 2.45) is 23.2 Å². The first-order chi connectivity index (χ1) is 16.5. The second-order valence-corrected chi connectivity index (χ2v) is 10.6. The fourth-order valence-corrected chi connectivity index (χ4v) is 7.40. The molecule has 10 heteroatoms. The molecule has 5 N–H and O–H groups in total. The van der Waals surface area contributed by atoms with E-state index < -0.39 is 11.8 Å². The molecule has 1 aliphatic heterocycles. The number of H-pyrrole nitrogens is 1. The Morgan fingerprint density at radius 1 is 1.26 bits per heavy atom. The maximum Gasteiger partial charge on any atom is 0.314 e. The zero-order valence-corrected chi connectivity index (χ0v) is 19.4. The fourth-order valence-electron chi connectivity index (χ4n) is 7.40. The third-order valence-corrected chi connectivity index (χ3v) is 8.45. The molecule has 2 atom stereocenters. The Labute approximate surface area is 197 Å². The zero-order valence-electron chi connectivity index (χ0n) is 19.4. The van der Waals surface area contributed by atoms with Crippen LogP contribution in [0.1, 0.15) is 43.7 Å². The summed E-state index contributed by atoms with van der Waals surface area (Å²) in [7, 11) is 1.54. The van der Waals surface area contributed by atoms with Gasteiger partial charge in [0.1, 0.15) is 5.82 Å².